The molecule has 1 aliphatic rings. The molecule has 0 saturated heterocycles. The second-order valence-corrected chi connectivity index (χ2v) is 4.50. The van der Waals surface area contributed by atoms with Crippen LogP contribution in [0.25, 0.3) is 0 Å². The maximum absolute atomic E-state index is 12.0. The summed E-state index contributed by atoms with van der Waals surface area (Å²) in [4.78, 5) is 27.6. The standard InChI is InChI=1S/C14H11N3O4/c18-13-9-21-11-6-7-12(17(19)20)15-14(11)16(13)8-10-4-2-1-3-5-10/h1-7H,8-9H2. The number of pyridine rings is 1. The Hall–Kier alpha value is -2.96. The van der Waals surface area contributed by atoms with Crippen molar-refractivity contribution in [2.45, 2.75) is 6.54 Å². The number of benzene rings is 1. The Labute approximate surface area is 119 Å². The summed E-state index contributed by atoms with van der Waals surface area (Å²) in [6.07, 6.45) is 0. The van der Waals surface area contributed by atoms with Crippen LogP contribution < -0.4 is 9.64 Å². The lowest BCUT2D eigenvalue weighted by Gasteiger charge is -2.25. The van der Waals surface area contributed by atoms with Crippen molar-refractivity contribution in [1.82, 2.24) is 4.98 Å². The van der Waals surface area contributed by atoms with Crippen LogP contribution in [-0.2, 0) is 11.3 Å². The lowest BCUT2D eigenvalue weighted by atomic mass is 10.2. The predicted molar refractivity (Wildman–Crippen MR) is 74.0 cm³/mol. The van der Waals surface area contributed by atoms with Gasteiger partial charge in [-0.15, -0.1) is 0 Å². The van der Waals surface area contributed by atoms with E-state index in [0.717, 1.165) is 5.56 Å². The van der Waals surface area contributed by atoms with Crippen LogP contribution in [0.5, 0.6) is 5.75 Å². The molecular formula is C14H11N3O4. The van der Waals surface area contributed by atoms with Gasteiger partial charge in [0, 0.05) is 6.07 Å². The number of hydrogen-bond donors (Lipinski definition) is 0. The Morgan fingerprint density at radius 2 is 2.00 bits per heavy atom. The highest BCUT2D eigenvalue weighted by Gasteiger charge is 2.32. The van der Waals surface area contributed by atoms with Gasteiger partial charge < -0.3 is 14.9 Å². The van der Waals surface area contributed by atoms with E-state index in [1.807, 2.05) is 30.3 Å². The van der Waals surface area contributed by atoms with Crippen molar-refractivity contribution in [3.05, 3.63) is 58.1 Å². The molecule has 0 N–H and O–H groups in total. The average molecular weight is 285 g/mol. The van der Waals surface area contributed by atoms with Crippen LogP contribution in [-0.4, -0.2) is 22.4 Å². The average Bonchev–Trinajstić information content (AvgIpc) is 2.50. The lowest BCUT2D eigenvalue weighted by Crippen LogP contribution is -2.39. The van der Waals surface area contributed by atoms with E-state index in [2.05, 4.69) is 4.98 Å². The van der Waals surface area contributed by atoms with Gasteiger partial charge in [0.2, 0.25) is 0 Å². The molecule has 2 heterocycles. The molecule has 1 aromatic heterocycles. The fraction of sp³-hybridized carbons (Fsp3) is 0.143. The third kappa shape index (κ3) is 2.53. The van der Waals surface area contributed by atoms with Gasteiger partial charge in [-0.2, -0.15) is 0 Å². The molecule has 1 aromatic carbocycles. The molecule has 0 unspecified atom stereocenters. The van der Waals surface area contributed by atoms with E-state index in [1.54, 1.807) is 0 Å². The lowest BCUT2D eigenvalue weighted by molar-refractivity contribution is -0.389. The molecule has 2 aromatic rings. The number of anilines is 1. The fourth-order valence-corrected chi connectivity index (χ4v) is 2.10. The zero-order valence-corrected chi connectivity index (χ0v) is 10.9. The smallest absolute Gasteiger partial charge is 0.366 e. The number of amides is 1. The monoisotopic (exact) mass is 285 g/mol. The number of fused-ring (bicyclic) bond motifs is 1. The van der Waals surface area contributed by atoms with E-state index in [-0.39, 0.29) is 24.1 Å². The number of rotatable bonds is 3. The molecule has 7 nitrogen and oxygen atoms in total. The summed E-state index contributed by atoms with van der Waals surface area (Å²) in [5.41, 5.74) is 0.909. The van der Waals surface area contributed by atoms with Crippen LogP contribution in [0, 0.1) is 10.1 Å². The third-order valence-corrected chi connectivity index (χ3v) is 3.10. The van der Waals surface area contributed by atoms with Gasteiger partial charge in [0.15, 0.2) is 12.4 Å². The first-order valence-electron chi connectivity index (χ1n) is 6.27. The highest BCUT2D eigenvalue weighted by molar-refractivity contribution is 5.96. The molecule has 106 valence electrons. The van der Waals surface area contributed by atoms with Crippen LogP contribution in [0.2, 0.25) is 0 Å². The quantitative estimate of drug-likeness (QED) is 0.635. The van der Waals surface area contributed by atoms with E-state index in [1.165, 1.54) is 17.0 Å². The van der Waals surface area contributed by atoms with Crippen molar-refractivity contribution >= 4 is 17.5 Å². The largest absolute Gasteiger partial charge is 0.477 e. The summed E-state index contributed by atoms with van der Waals surface area (Å²) >= 11 is 0. The number of aromatic nitrogens is 1. The molecule has 0 bridgehead atoms. The Morgan fingerprint density at radius 1 is 1.24 bits per heavy atom. The summed E-state index contributed by atoms with van der Waals surface area (Å²) in [6.45, 7) is 0.198. The molecule has 0 fully saturated rings. The highest BCUT2D eigenvalue weighted by atomic mass is 16.6. The van der Waals surface area contributed by atoms with E-state index < -0.39 is 4.92 Å². The van der Waals surface area contributed by atoms with Gasteiger partial charge in [-0.1, -0.05) is 30.3 Å². The van der Waals surface area contributed by atoms with Crippen LogP contribution in [0.1, 0.15) is 5.56 Å². The van der Waals surface area contributed by atoms with Gasteiger partial charge in [0.1, 0.15) is 0 Å². The van der Waals surface area contributed by atoms with Crippen molar-refractivity contribution < 1.29 is 14.5 Å². The molecule has 0 spiro atoms. The number of ether oxygens (including phenoxy) is 1. The Balaban J connectivity index is 1.99. The molecule has 3 rings (SSSR count). The first-order chi connectivity index (χ1) is 10.1. The van der Waals surface area contributed by atoms with E-state index in [4.69, 9.17) is 4.74 Å². The van der Waals surface area contributed by atoms with Gasteiger partial charge in [0.05, 0.1) is 6.54 Å². The normalized spacial score (nSPS) is 13.5. The maximum Gasteiger partial charge on any atom is 0.366 e. The van der Waals surface area contributed by atoms with Gasteiger partial charge in [-0.05, 0) is 21.5 Å². The van der Waals surface area contributed by atoms with Gasteiger partial charge in [-0.3, -0.25) is 9.69 Å². The molecule has 1 aliphatic heterocycles. The van der Waals surface area contributed by atoms with Crippen LogP contribution in [0.15, 0.2) is 42.5 Å². The zero-order valence-electron chi connectivity index (χ0n) is 10.9. The molecule has 0 saturated carbocycles. The second-order valence-electron chi connectivity index (χ2n) is 4.50. The number of carbonyl (C=O) groups excluding carboxylic acids is 1. The minimum Gasteiger partial charge on any atom is -0.477 e. The SMILES string of the molecule is O=C1COc2ccc([N+](=O)[O-])nc2N1Cc1ccccc1. The molecule has 0 aliphatic carbocycles. The number of nitrogens with zero attached hydrogens (tertiary/aromatic N) is 3. The van der Waals surface area contributed by atoms with Crippen LogP contribution in [0.4, 0.5) is 11.6 Å². The van der Waals surface area contributed by atoms with E-state index in [0.29, 0.717) is 12.3 Å². The van der Waals surface area contributed by atoms with Crippen molar-refractivity contribution in [1.29, 1.82) is 0 Å². The molecule has 0 atom stereocenters. The minimum absolute atomic E-state index is 0.0979. The molecule has 1 amide bonds. The topological polar surface area (TPSA) is 85.6 Å². The molecule has 0 radical (unpaired) electrons. The van der Waals surface area contributed by atoms with Gasteiger partial charge >= 0.3 is 5.82 Å². The summed E-state index contributed by atoms with van der Waals surface area (Å²) < 4.78 is 5.26. The van der Waals surface area contributed by atoms with Crippen molar-refractivity contribution in [3.8, 4) is 5.75 Å². The predicted octanol–water partition coefficient (Wildman–Crippen LogP) is 1.92. The van der Waals surface area contributed by atoms with Crippen molar-refractivity contribution in [2.24, 2.45) is 0 Å². The summed E-state index contributed by atoms with van der Waals surface area (Å²) in [5.74, 6) is -0.0371. The first-order valence-corrected chi connectivity index (χ1v) is 6.27. The van der Waals surface area contributed by atoms with Gasteiger partial charge in [-0.25, -0.2) is 0 Å². The van der Waals surface area contributed by atoms with Crippen LogP contribution >= 0.6 is 0 Å². The third-order valence-electron chi connectivity index (χ3n) is 3.10. The highest BCUT2D eigenvalue weighted by Crippen LogP contribution is 2.32. The van der Waals surface area contributed by atoms with Crippen molar-refractivity contribution in [3.63, 3.8) is 0 Å². The second kappa shape index (κ2) is 5.20. The summed E-state index contributed by atoms with van der Waals surface area (Å²) in [5, 5.41) is 10.8. The molecule has 7 heteroatoms. The van der Waals surface area contributed by atoms with Gasteiger partial charge in [0.25, 0.3) is 11.7 Å². The molecular weight excluding hydrogens is 274 g/mol. The first kappa shape index (κ1) is 13.0. The van der Waals surface area contributed by atoms with Crippen molar-refractivity contribution in [2.75, 3.05) is 11.5 Å². The Bertz CT molecular complexity index is 703. The summed E-state index contributed by atoms with van der Waals surface area (Å²) in [7, 11) is 0. The maximum atomic E-state index is 12.0. The van der Waals surface area contributed by atoms with E-state index >= 15 is 0 Å². The number of carbonyl (C=O) groups is 1. The molecule has 21 heavy (non-hydrogen) atoms. The zero-order chi connectivity index (χ0) is 14.8. The minimum atomic E-state index is -0.597. The Morgan fingerprint density at radius 3 is 2.71 bits per heavy atom. The fourth-order valence-electron chi connectivity index (χ4n) is 2.10. The number of hydrogen-bond acceptors (Lipinski definition) is 5. The van der Waals surface area contributed by atoms with Crippen LogP contribution in [0.3, 0.4) is 0 Å². The van der Waals surface area contributed by atoms with E-state index in [9.17, 15) is 14.9 Å². The number of nitro groups is 1. The Kier molecular flexibility index (Phi) is 3.23. The summed E-state index contributed by atoms with van der Waals surface area (Å²) in [6, 6.07) is 12.1.